The van der Waals surface area contributed by atoms with Crippen molar-refractivity contribution in [2.45, 2.75) is 46.6 Å². The van der Waals surface area contributed by atoms with Gasteiger partial charge in [-0.3, -0.25) is 29.3 Å². The van der Waals surface area contributed by atoms with Crippen LogP contribution in [0, 0.1) is 16.0 Å². The predicted octanol–water partition coefficient (Wildman–Crippen LogP) is 2.32. The van der Waals surface area contributed by atoms with E-state index in [-0.39, 0.29) is 48.5 Å². The van der Waals surface area contributed by atoms with Crippen molar-refractivity contribution in [1.29, 1.82) is 0 Å². The summed E-state index contributed by atoms with van der Waals surface area (Å²) in [7, 11) is 0. The first-order chi connectivity index (χ1) is 15.2. The number of amides is 1. The third kappa shape index (κ3) is 5.96. The molecule has 11 heteroatoms. The number of anilines is 3. The van der Waals surface area contributed by atoms with Gasteiger partial charge in [0.25, 0.3) is 11.2 Å². The quantitative estimate of drug-likeness (QED) is 0.353. The van der Waals surface area contributed by atoms with Gasteiger partial charge in [-0.2, -0.15) is 0 Å². The molecule has 1 aromatic carbocycles. The van der Waals surface area contributed by atoms with Gasteiger partial charge in [0.15, 0.2) is 5.69 Å². The first kappa shape index (κ1) is 24.6. The lowest BCUT2D eigenvalue weighted by molar-refractivity contribution is -0.384. The molecule has 1 amide bonds. The molecule has 0 saturated heterocycles. The van der Waals surface area contributed by atoms with Gasteiger partial charge in [-0.1, -0.05) is 39.3 Å². The highest BCUT2D eigenvalue weighted by atomic mass is 16.6. The molecule has 0 bridgehead atoms. The van der Waals surface area contributed by atoms with Crippen molar-refractivity contribution in [3.63, 3.8) is 0 Å². The first-order valence-electron chi connectivity index (χ1n) is 10.6. The van der Waals surface area contributed by atoms with Gasteiger partial charge in [0.2, 0.25) is 5.91 Å². The lowest BCUT2D eigenvalue weighted by atomic mass is 10.2. The van der Waals surface area contributed by atoms with Crippen LogP contribution in [0.2, 0.25) is 0 Å². The summed E-state index contributed by atoms with van der Waals surface area (Å²) in [6.07, 6.45) is 1.38. The zero-order valence-corrected chi connectivity index (χ0v) is 18.6. The third-order valence-electron chi connectivity index (χ3n) is 4.82. The Kier molecular flexibility index (Phi) is 8.56. The summed E-state index contributed by atoms with van der Waals surface area (Å²) in [6.45, 7) is 6.44. The average molecular weight is 447 g/mol. The number of hydrogen-bond donors (Lipinski definition) is 3. The van der Waals surface area contributed by atoms with E-state index in [1.54, 1.807) is 18.2 Å². The molecule has 0 aliphatic rings. The Labute approximate surface area is 185 Å². The molecule has 2 rings (SSSR count). The summed E-state index contributed by atoms with van der Waals surface area (Å²) in [6, 6.07) is 6.14. The zero-order valence-electron chi connectivity index (χ0n) is 18.6. The molecule has 174 valence electrons. The highest BCUT2D eigenvalue weighted by Crippen LogP contribution is 2.23. The smallest absolute Gasteiger partial charge is 0.330 e. The molecule has 0 unspecified atom stereocenters. The first-order valence-corrected chi connectivity index (χ1v) is 10.6. The van der Waals surface area contributed by atoms with E-state index in [0.717, 1.165) is 6.42 Å². The number of carbonyl (C=O) groups excluding carboxylic acids is 1. The molecule has 0 aliphatic heterocycles. The van der Waals surface area contributed by atoms with Crippen LogP contribution in [0.3, 0.4) is 0 Å². The highest BCUT2D eigenvalue weighted by Gasteiger charge is 2.24. The largest absolute Gasteiger partial charge is 0.383 e. The predicted molar refractivity (Wildman–Crippen MR) is 124 cm³/mol. The fourth-order valence-corrected chi connectivity index (χ4v) is 3.28. The van der Waals surface area contributed by atoms with Crippen LogP contribution >= 0.6 is 0 Å². The molecule has 0 radical (unpaired) electrons. The number of nitro groups is 1. The number of benzene rings is 1. The fraction of sp³-hybridized carbons (Fsp3) is 0.476. The lowest BCUT2D eigenvalue weighted by Crippen LogP contribution is -2.42. The summed E-state index contributed by atoms with van der Waals surface area (Å²) in [5.41, 5.74) is 5.00. The molecule has 0 aliphatic carbocycles. The van der Waals surface area contributed by atoms with Gasteiger partial charge < -0.3 is 16.0 Å². The van der Waals surface area contributed by atoms with Crippen molar-refractivity contribution in [2.24, 2.45) is 5.92 Å². The number of hydrogen-bond acceptors (Lipinski definition) is 7. The molecule has 4 N–H and O–H groups in total. The van der Waals surface area contributed by atoms with Gasteiger partial charge in [0.05, 0.1) is 4.92 Å². The van der Waals surface area contributed by atoms with Crippen molar-refractivity contribution in [1.82, 2.24) is 9.55 Å². The van der Waals surface area contributed by atoms with E-state index in [9.17, 15) is 24.5 Å². The van der Waals surface area contributed by atoms with E-state index in [0.29, 0.717) is 18.7 Å². The van der Waals surface area contributed by atoms with Crippen LogP contribution in [-0.4, -0.2) is 33.5 Å². The van der Waals surface area contributed by atoms with E-state index >= 15 is 0 Å². The molecule has 0 fully saturated rings. The van der Waals surface area contributed by atoms with Crippen molar-refractivity contribution < 1.29 is 9.72 Å². The monoisotopic (exact) mass is 446 g/mol. The summed E-state index contributed by atoms with van der Waals surface area (Å²) in [5, 5.41) is 14.1. The number of aromatic nitrogens is 2. The van der Waals surface area contributed by atoms with Crippen molar-refractivity contribution in [3.8, 4) is 0 Å². The number of carbonyl (C=O) groups is 1. The number of nitrogens with two attached hydrogens (primary N) is 1. The van der Waals surface area contributed by atoms with Gasteiger partial charge in [-0.25, -0.2) is 4.79 Å². The van der Waals surface area contributed by atoms with Crippen LogP contribution in [-0.2, 0) is 11.3 Å². The maximum absolute atomic E-state index is 13.0. The molecule has 1 heterocycles. The lowest BCUT2D eigenvalue weighted by Gasteiger charge is -2.25. The van der Waals surface area contributed by atoms with Gasteiger partial charge >= 0.3 is 5.69 Å². The summed E-state index contributed by atoms with van der Waals surface area (Å²) in [5.74, 6) is -0.334. The summed E-state index contributed by atoms with van der Waals surface area (Å²) in [4.78, 5) is 52.1. The molecule has 0 spiro atoms. The van der Waals surface area contributed by atoms with Crippen LogP contribution in [0.5, 0.6) is 0 Å². The Morgan fingerprint density at radius 1 is 1.31 bits per heavy atom. The number of nitro benzene ring substituents is 1. The minimum Gasteiger partial charge on any atom is -0.383 e. The maximum atomic E-state index is 13.0. The van der Waals surface area contributed by atoms with Crippen LogP contribution in [0.15, 0.2) is 33.9 Å². The molecular formula is C21H30N6O5. The zero-order chi connectivity index (χ0) is 23.8. The van der Waals surface area contributed by atoms with Crippen LogP contribution in [0.1, 0.15) is 40.0 Å². The second-order valence-corrected chi connectivity index (χ2v) is 7.85. The Hall–Kier alpha value is -3.63. The second kappa shape index (κ2) is 11.1. The van der Waals surface area contributed by atoms with E-state index in [1.165, 1.54) is 15.5 Å². The van der Waals surface area contributed by atoms with Crippen LogP contribution in [0.25, 0.3) is 0 Å². The molecule has 32 heavy (non-hydrogen) atoms. The summed E-state index contributed by atoms with van der Waals surface area (Å²) >= 11 is 0. The van der Waals surface area contributed by atoms with Crippen molar-refractivity contribution in [2.75, 3.05) is 29.0 Å². The topological polar surface area (TPSA) is 156 Å². The van der Waals surface area contributed by atoms with Crippen molar-refractivity contribution >= 4 is 28.8 Å². The molecule has 2 aromatic rings. The minimum atomic E-state index is -0.719. The molecule has 0 atom stereocenters. The van der Waals surface area contributed by atoms with Crippen molar-refractivity contribution in [3.05, 3.63) is 55.2 Å². The standard InChI is InChI=1S/C21H30N6O5/c1-4-5-12-25(18-19(22)26(13-14(2)3)21(30)24-20(18)29)17(28)10-11-23-15-8-6-7-9-16(15)27(31)32/h6-9,14,23H,4-5,10-13,22H2,1-3H3,(H,24,29,30). The molecule has 11 nitrogen and oxygen atoms in total. The van der Waals surface area contributed by atoms with Gasteiger partial charge in [0.1, 0.15) is 11.5 Å². The van der Waals surface area contributed by atoms with E-state index in [1.807, 2.05) is 20.8 Å². The minimum absolute atomic E-state index is 0.0298. The number of para-hydroxylation sites is 2. The van der Waals surface area contributed by atoms with Gasteiger partial charge in [0, 0.05) is 32.1 Å². The average Bonchev–Trinajstić information content (AvgIpc) is 2.73. The fourth-order valence-electron chi connectivity index (χ4n) is 3.28. The Bertz CT molecular complexity index is 1080. The Morgan fingerprint density at radius 2 is 2.00 bits per heavy atom. The number of rotatable bonds is 11. The Morgan fingerprint density at radius 3 is 2.62 bits per heavy atom. The number of nitrogen functional groups attached to an aromatic ring is 1. The third-order valence-corrected chi connectivity index (χ3v) is 4.82. The number of nitrogens with one attached hydrogen (secondary N) is 2. The molecule has 1 aromatic heterocycles. The van der Waals surface area contributed by atoms with E-state index in [2.05, 4.69) is 10.3 Å². The van der Waals surface area contributed by atoms with E-state index < -0.39 is 16.2 Å². The van der Waals surface area contributed by atoms with Crippen LogP contribution < -0.4 is 27.2 Å². The second-order valence-electron chi connectivity index (χ2n) is 7.85. The van der Waals surface area contributed by atoms with Gasteiger partial charge in [-0.15, -0.1) is 0 Å². The number of aromatic amines is 1. The highest BCUT2D eigenvalue weighted by molar-refractivity contribution is 5.95. The van der Waals surface area contributed by atoms with Gasteiger partial charge in [-0.05, 0) is 18.4 Å². The van der Waals surface area contributed by atoms with E-state index in [4.69, 9.17) is 5.73 Å². The summed E-state index contributed by atoms with van der Waals surface area (Å²) < 4.78 is 1.26. The SMILES string of the molecule is CCCCN(C(=O)CCNc1ccccc1[N+](=O)[O-])c1c(N)n(CC(C)C)c(=O)[nH]c1=O. The number of H-pyrrole nitrogens is 1. The number of unbranched alkanes of at least 4 members (excludes halogenated alkanes) is 1. The molecule has 0 saturated carbocycles. The normalized spacial score (nSPS) is 10.9. The maximum Gasteiger partial charge on any atom is 0.330 e. The molecular weight excluding hydrogens is 416 g/mol. The Balaban J connectivity index is 2.29. The number of nitrogens with zero attached hydrogens (tertiary/aromatic N) is 3. The van der Waals surface area contributed by atoms with Crippen LogP contribution in [0.4, 0.5) is 22.9 Å².